The molecule has 2 aromatic heterocycles. The molecule has 0 radical (unpaired) electrons. The topological polar surface area (TPSA) is 41.5 Å². The Balaban J connectivity index is 1.34. The summed E-state index contributed by atoms with van der Waals surface area (Å²) in [4.78, 5) is 13.6. The van der Waals surface area contributed by atoms with Crippen LogP contribution in [-0.2, 0) is 17.8 Å². The average Bonchev–Trinajstić information content (AvgIpc) is 3.02. The molecule has 0 aliphatic carbocycles. The Labute approximate surface area is 147 Å². The van der Waals surface area contributed by atoms with Crippen molar-refractivity contribution in [3.63, 3.8) is 0 Å². The first-order valence-electron chi connectivity index (χ1n) is 8.70. The first kappa shape index (κ1) is 16.1. The van der Waals surface area contributed by atoms with E-state index in [4.69, 9.17) is 4.74 Å². The first-order chi connectivity index (χ1) is 11.9. The zero-order valence-electron chi connectivity index (χ0n) is 13.9. The highest BCUT2D eigenvalue weighted by atomic mass is 32.1. The SMILES string of the molecule is c1cc(CN2CCO[C@@H]3CN(Cc4nccs4)CC[C@@H]3C2)ccn1. The standard InChI is InChI=1S/C18H24N4OS/c1-4-19-5-2-15(1)11-22-8-9-23-17-13-21(7-3-16(17)12-22)14-18-20-6-10-24-18/h1-2,4-6,10,16-17H,3,7-9,11-14H2/t16-,17-/m1/s1. The highest BCUT2D eigenvalue weighted by molar-refractivity contribution is 7.09. The van der Waals surface area contributed by atoms with Crippen LogP contribution in [0.2, 0.25) is 0 Å². The minimum Gasteiger partial charge on any atom is -0.375 e. The average molecular weight is 344 g/mol. The predicted molar refractivity (Wildman–Crippen MR) is 94.8 cm³/mol. The molecule has 0 unspecified atom stereocenters. The zero-order valence-corrected chi connectivity index (χ0v) is 14.7. The lowest BCUT2D eigenvalue weighted by molar-refractivity contribution is -0.0242. The largest absolute Gasteiger partial charge is 0.375 e. The van der Waals surface area contributed by atoms with Crippen LogP contribution in [0.3, 0.4) is 0 Å². The third-order valence-corrected chi connectivity index (χ3v) is 5.77. The van der Waals surface area contributed by atoms with Gasteiger partial charge in [-0.25, -0.2) is 4.98 Å². The van der Waals surface area contributed by atoms with Gasteiger partial charge in [0.05, 0.1) is 19.3 Å². The monoisotopic (exact) mass is 344 g/mol. The molecule has 0 spiro atoms. The van der Waals surface area contributed by atoms with Gasteiger partial charge in [-0.1, -0.05) is 0 Å². The molecule has 4 rings (SSSR count). The van der Waals surface area contributed by atoms with Crippen LogP contribution < -0.4 is 0 Å². The van der Waals surface area contributed by atoms with Crippen LogP contribution in [0.1, 0.15) is 17.0 Å². The molecule has 2 aliphatic heterocycles. The maximum atomic E-state index is 6.21. The summed E-state index contributed by atoms with van der Waals surface area (Å²) in [5.41, 5.74) is 1.34. The number of thiazole rings is 1. The fourth-order valence-corrected chi connectivity index (χ4v) is 4.40. The van der Waals surface area contributed by atoms with Crippen LogP contribution in [0.25, 0.3) is 0 Å². The molecule has 2 aromatic rings. The van der Waals surface area contributed by atoms with Gasteiger partial charge in [0, 0.05) is 56.1 Å². The molecule has 5 nitrogen and oxygen atoms in total. The van der Waals surface area contributed by atoms with Gasteiger partial charge >= 0.3 is 0 Å². The van der Waals surface area contributed by atoms with E-state index in [1.807, 2.05) is 18.6 Å². The van der Waals surface area contributed by atoms with Crippen LogP contribution in [0.4, 0.5) is 0 Å². The molecular formula is C18H24N4OS. The molecule has 2 fully saturated rings. The highest BCUT2D eigenvalue weighted by Gasteiger charge is 2.33. The summed E-state index contributed by atoms with van der Waals surface area (Å²) in [6.07, 6.45) is 7.23. The van der Waals surface area contributed by atoms with Crippen molar-refractivity contribution >= 4 is 11.3 Å². The highest BCUT2D eigenvalue weighted by Crippen LogP contribution is 2.26. The maximum Gasteiger partial charge on any atom is 0.107 e. The van der Waals surface area contributed by atoms with Crippen LogP contribution in [-0.4, -0.2) is 58.7 Å². The van der Waals surface area contributed by atoms with Gasteiger partial charge in [0.25, 0.3) is 0 Å². The molecule has 24 heavy (non-hydrogen) atoms. The second kappa shape index (κ2) is 7.70. The van der Waals surface area contributed by atoms with E-state index in [2.05, 4.69) is 37.3 Å². The predicted octanol–water partition coefficient (Wildman–Crippen LogP) is 2.26. The lowest BCUT2D eigenvalue weighted by Crippen LogP contribution is -2.46. The molecule has 0 amide bonds. The molecule has 2 saturated heterocycles. The minimum atomic E-state index is 0.362. The minimum absolute atomic E-state index is 0.362. The molecule has 4 heterocycles. The van der Waals surface area contributed by atoms with Crippen molar-refractivity contribution in [2.75, 3.05) is 32.8 Å². The van der Waals surface area contributed by atoms with Crippen molar-refractivity contribution < 1.29 is 4.74 Å². The van der Waals surface area contributed by atoms with Gasteiger partial charge in [-0.2, -0.15) is 0 Å². The van der Waals surface area contributed by atoms with E-state index in [1.54, 1.807) is 11.3 Å². The maximum absolute atomic E-state index is 6.21. The third-order valence-electron chi connectivity index (χ3n) is 5.01. The number of ether oxygens (including phenoxy) is 1. The van der Waals surface area contributed by atoms with Gasteiger partial charge in [0.15, 0.2) is 0 Å². The van der Waals surface area contributed by atoms with Crippen LogP contribution in [0.5, 0.6) is 0 Å². The Morgan fingerprint density at radius 2 is 1.96 bits per heavy atom. The number of fused-ring (bicyclic) bond motifs is 1. The summed E-state index contributed by atoms with van der Waals surface area (Å²) in [6.45, 7) is 7.13. The van der Waals surface area contributed by atoms with Crippen molar-refractivity contribution in [1.82, 2.24) is 19.8 Å². The summed E-state index contributed by atoms with van der Waals surface area (Å²) >= 11 is 1.74. The smallest absolute Gasteiger partial charge is 0.107 e. The number of rotatable bonds is 4. The van der Waals surface area contributed by atoms with E-state index in [-0.39, 0.29) is 0 Å². The summed E-state index contributed by atoms with van der Waals surface area (Å²) in [7, 11) is 0. The second-order valence-electron chi connectivity index (χ2n) is 6.71. The van der Waals surface area contributed by atoms with Crippen molar-refractivity contribution in [2.24, 2.45) is 5.92 Å². The Hall–Kier alpha value is -1.34. The van der Waals surface area contributed by atoms with Gasteiger partial charge in [-0.3, -0.25) is 14.8 Å². The van der Waals surface area contributed by atoms with Crippen molar-refractivity contribution in [1.29, 1.82) is 0 Å². The summed E-state index contributed by atoms with van der Waals surface area (Å²) in [6, 6.07) is 4.22. The molecular weight excluding hydrogens is 320 g/mol. The van der Waals surface area contributed by atoms with E-state index in [1.165, 1.54) is 17.0 Å². The number of aromatic nitrogens is 2. The van der Waals surface area contributed by atoms with Gasteiger partial charge in [0.1, 0.15) is 5.01 Å². The van der Waals surface area contributed by atoms with Crippen molar-refractivity contribution in [3.05, 3.63) is 46.7 Å². The Kier molecular flexibility index (Phi) is 5.18. The number of hydrogen-bond acceptors (Lipinski definition) is 6. The van der Waals surface area contributed by atoms with E-state index >= 15 is 0 Å². The van der Waals surface area contributed by atoms with Crippen LogP contribution >= 0.6 is 11.3 Å². The van der Waals surface area contributed by atoms with E-state index in [0.29, 0.717) is 12.0 Å². The fraction of sp³-hybridized carbons (Fsp3) is 0.556. The normalized spacial score (nSPS) is 26.0. The first-order valence-corrected chi connectivity index (χ1v) is 9.58. The van der Waals surface area contributed by atoms with Gasteiger partial charge in [0.2, 0.25) is 0 Å². The van der Waals surface area contributed by atoms with Gasteiger partial charge < -0.3 is 4.74 Å². The molecule has 6 heteroatoms. The second-order valence-corrected chi connectivity index (χ2v) is 7.69. The molecule has 2 atom stereocenters. The van der Waals surface area contributed by atoms with Gasteiger partial charge in [-0.05, 0) is 30.7 Å². The Bertz CT molecular complexity index is 621. The number of hydrogen-bond donors (Lipinski definition) is 0. The summed E-state index contributed by atoms with van der Waals surface area (Å²) < 4.78 is 6.21. The van der Waals surface area contributed by atoms with Crippen LogP contribution in [0, 0.1) is 5.92 Å². The van der Waals surface area contributed by atoms with E-state index < -0.39 is 0 Å². The van der Waals surface area contributed by atoms with Crippen molar-refractivity contribution in [2.45, 2.75) is 25.6 Å². The zero-order chi connectivity index (χ0) is 16.2. The third kappa shape index (κ3) is 4.00. The molecule has 128 valence electrons. The number of pyridine rings is 1. The number of likely N-dealkylation sites (tertiary alicyclic amines) is 1. The van der Waals surface area contributed by atoms with E-state index in [0.717, 1.165) is 45.9 Å². The molecule has 0 N–H and O–H groups in total. The summed E-state index contributed by atoms with van der Waals surface area (Å²) in [5, 5.41) is 3.27. The van der Waals surface area contributed by atoms with Gasteiger partial charge in [-0.15, -0.1) is 11.3 Å². The molecule has 0 saturated carbocycles. The quantitative estimate of drug-likeness (QED) is 0.851. The lowest BCUT2D eigenvalue weighted by atomic mass is 9.93. The van der Waals surface area contributed by atoms with Crippen molar-refractivity contribution in [3.8, 4) is 0 Å². The lowest BCUT2D eigenvalue weighted by Gasteiger charge is -2.37. The Morgan fingerprint density at radius 3 is 2.79 bits per heavy atom. The molecule has 2 aliphatic rings. The fourth-order valence-electron chi connectivity index (χ4n) is 3.74. The number of nitrogens with zero attached hydrogens (tertiary/aromatic N) is 4. The summed E-state index contributed by atoms with van der Waals surface area (Å²) in [5.74, 6) is 0.641. The van der Waals surface area contributed by atoms with Crippen LogP contribution in [0.15, 0.2) is 36.1 Å². The number of piperidine rings is 1. The van der Waals surface area contributed by atoms with E-state index in [9.17, 15) is 0 Å². The molecule has 0 aromatic carbocycles. The molecule has 0 bridgehead atoms. The Morgan fingerprint density at radius 1 is 1.08 bits per heavy atom.